The zero-order valence-corrected chi connectivity index (χ0v) is 10.9. The Bertz CT molecular complexity index is 267. The summed E-state index contributed by atoms with van der Waals surface area (Å²) < 4.78 is 0. The third-order valence-corrected chi connectivity index (χ3v) is 4.56. The molecule has 3 unspecified atom stereocenters. The lowest BCUT2D eigenvalue weighted by atomic mass is 9.79. The van der Waals surface area contributed by atoms with Crippen LogP contribution in [0.2, 0.25) is 0 Å². The topological polar surface area (TPSA) is 40.5 Å². The number of carbonyl (C=O) groups is 1. The van der Waals surface area contributed by atoms with E-state index < -0.39 is 0 Å². The molecule has 17 heavy (non-hydrogen) atoms. The smallest absolute Gasteiger partial charge is 0.137 e. The summed E-state index contributed by atoms with van der Waals surface area (Å²) in [4.78, 5) is 14.3. The molecule has 1 saturated heterocycles. The first kappa shape index (κ1) is 13.0. The van der Waals surface area contributed by atoms with E-state index in [0.29, 0.717) is 18.3 Å². The van der Waals surface area contributed by atoms with Gasteiger partial charge in [0.1, 0.15) is 5.78 Å². The summed E-state index contributed by atoms with van der Waals surface area (Å²) in [6.07, 6.45) is 5.29. The van der Waals surface area contributed by atoms with E-state index in [1.54, 1.807) is 0 Å². The van der Waals surface area contributed by atoms with Gasteiger partial charge in [-0.05, 0) is 37.6 Å². The van der Waals surface area contributed by atoms with Crippen molar-refractivity contribution in [1.29, 1.82) is 0 Å². The number of carbonyl (C=O) groups excluding carboxylic acids is 1. The van der Waals surface area contributed by atoms with Gasteiger partial charge in [0.05, 0.1) is 0 Å². The number of Topliss-reactive ketones (excluding diaryl/α,β-unsaturated/α-hetero) is 1. The molecular formula is C14H25NO2. The molecule has 1 heterocycles. The Hall–Kier alpha value is -0.410. The number of nitrogens with zero attached hydrogens (tertiary/aromatic N) is 1. The van der Waals surface area contributed by atoms with E-state index in [2.05, 4.69) is 11.8 Å². The molecule has 1 N–H and O–H groups in total. The molecule has 3 atom stereocenters. The molecule has 3 heteroatoms. The van der Waals surface area contributed by atoms with Crippen LogP contribution in [0.1, 0.15) is 39.0 Å². The number of likely N-dealkylation sites (tertiary alicyclic amines) is 1. The highest BCUT2D eigenvalue weighted by molar-refractivity contribution is 5.81. The minimum Gasteiger partial charge on any atom is -0.396 e. The highest BCUT2D eigenvalue weighted by atomic mass is 16.3. The van der Waals surface area contributed by atoms with E-state index in [4.69, 9.17) is 5.11 Å². The highest BCUT2D eigenvalue weighted by Gasteiger charge is 2.31. The zero-order valence-electron chi connectivity index (χ0n) is 10.9. The molecule has 0 bridgehead atoms. The van der Waals surface area contributed by atoms with Crippen LogP contribution in [0, 0.1) is 17.8 Å². The largest absolute Gasteiger partial charge is 0.396 e. The maximum absolute atomic E-state index is 11.9. The first-order valence-corrected chi connectivity index (χ1v) is 7.08. The molecule has 98 valence electrons. The maximum atomic E-state index is 11.9. The average molecular weight is 239 g/mol. The van der Waals surface area contributed by atoms with Crippen LogP contribution in [0.3, 0.4) is 0 Å². The normalized spacial score (nSPS) is 35.4. The van der Waals surface area contributed by atoms with Crippen LogP contribution in [-0.2, 0) is 4.79 Å². The van der Waals surface area contributed by atoms with Gasteiger partial charge in [-0.15, -0.1) is 0 Å². The van der Waals surface area contributed by atoms with Gasteiger partial charge in [-0.2, -0.15) is 0 Å². The predicted octanol–water partition coefficient (Wildman–Crippen LogP) is 1.70. The molecule has 2 aliphatic rings. The third-order valence-electron chi connectivity index (χ3n) is 4.56. The van der Waals surface area contributed by atoms with Gasteiger partial charge in [0.15, 0.2) is 0 Å². The van der Waals surface area contributed by atoms with Gasteiger partial charge in [0.2, 0.25) is 0 Å². The van der Waals surface area contributed by atoms with Crippen LogP contribution in [0.25, 0.3) is 0 Å². The van der Waals surface area contributed by atoms with E-state index in [1.807, 2.05) is 0 Å². The van der Waals surface area contributed by atoms with Gasteiger partial charge in [-0.25, -0.2) is 0 Å². The van der Waals surface area contributed by atoms with Crippen LogP contribution in [0.4, 0.5) is 0 Å². The second kappa shape index (κ2) is 5.96. The summed E-state index contributed by atoms with van der Waals surface area (Å²) in [7, 11) is 0. The molecule has 0 aromatic carbocycles. The van der Waals surface area contributed by atoms with E-state index in [9.17, 15) is 4.79 Å². The van der Waals surface area contributed by atoms with Gasteiger partial charge in [0, 0.05) is 32.0 Å². The predicted molar refractivity (Wildman–Crippen MR) is 67.8 cm³/mol. The quantitative estimate of drug-likeness (QED) is 0.811. The zero-order chi connectivity index (χ0) is 12.3. The lowest BCUT2D eigenvalue weighted by Gasteiger charge is -2.30. The number of hydrogen-bond acceptors (Lipinski definition) is 3. The Labute approximate surface area is 104 Å². The molecular weight excluding hydrogens is 214 g/mol. The molecule has 3 nitrogen and oxygen atoms in total. The minimum absolute atomic E-state index is 0.270. The Balaban J connectivity index is 1.83. The Kier molecular flexibility index (Phi) is 4.57. The molecule has 0 amide bonds. The summed E-state index contributed by atoms with van der Waals surface area (Å²) in [5.74, 6) is 1.94. The van der Waals surface area contributed by atoms with E-state index in [1.165, 1.54) is 6.42 Å². The maximum Gasteiger partial charge on any atom is 0.137 e. The second-order valence-electron chi connectivity index (χ2n) is 5.81. The first-order valence-electron chi connectivity index (χ1n) is 7.08. The molecule has 1 saturated carbocycles. The molecule has 0 aromatic rings. The summed E-state index contributed by atoms with van der Waals surface area (Å²) in [6, 6.07) is 0. The fraction of sp³-hybridized carbons (Fsp3) is 0.929. The van der Waals surface area contributed by atoms with Gasteiger partial charge in [-0.3, -0.25) is 4.79 Å². The van der Waals surface area contributed by atoms with Crippen molar-refractivity contribution in [2.24, 2.45) is 17.8 Å². The Morgan fingerprint density at radius 1 is 1.35 bits per heavy atom. The lowest BCUT2D eigenvalue weighted by Crippen LogP contribution is -2.35. The van der Waals surface area contributed by atoms with E-state index in [-0.39, 0.29) is 5.92 Å². The summed E-state index contributed by atoms with van der Waals surface area (Å²) in [5, 5.41) is 9.13. The molecule has 0 aromatic heterocycles. The van der Waals surface area contributed by atoms with Crippen LogP contribution in [-0.4, -0.2) is 42.0 Å². The standard InChI is InChI=1S/C14H25NO2/c1-2-11-3-4-14(17)13(7-11)9-15-6-5-12(8-15)10-16/h11-13,16H,2-10H2,1H3. The number of ketones is 1. The molecule has 0 spiro atoms. The van der Waals surface area contributed by atoms with Crippen molar-refractivity contribution in [2.75, 3.05) is 26.2 Å². The van der Waals surface area contributed by atoms with Crippen molar-refractivity contribution in [2.45, 2.75) is 39.0 Å². The average Bonchev–Trinajstić information content (AvgIpc) is 2.80. The summed E-state index contributed by atoms with van der Waals surface area (Å²) >= 11 is 0. The van der Waals surface area contributed by atoms with Crippen LogP contribution in [0.5, 0.6) is 0 Å². The lowest BCUT2D eigenvalue weighted by molar-refractivity contribution is -0.126. The molecule has 1 aliphatic heterocycles. The number of hydrogen-bond donors (Lipinski definition) is 1. The second-order valence-corrected chi connectivity index (χ2v) is 5.81. The van der Waals surface area contributed by atoms with Gasteiger partial charge in [-0.1, -0.05) is 13.3 Å². The Morgan fingerprint density at radius 3 is 2.82 bits per heavy atom. The third kappa shape index (κ3) is 3.29. The Morgan fingerprint density at radius 2 is 2.18 bits per heavy atom. The fourth-order valence-corrected chi connectivity index (χ4v) is 3.29. The van der Waals surface area contributed by atoms with Crippen molar-refractivity contribution >= 4 is 5.78 Å². The van der Waals surface area contributed by atoms with Gasteiger partial charge >= 0.3 is 0 Å². The SMILES string of the molecule is CCC1CCC(=O)C(CN2CCC(CO)C2)C1. The monoisotopic (exact) mass is 239 g/mol. The van der Waals surface area contributed by atoms with Crippen molar-refractivity contribution in [3.8, 4) is 0 Å². The van der Waals surface area contributed by atoms with E-state index in [0.717, 1.165) is 51.2 Å². The van der Waals surface area contributed by atoms with E-state index >= 15 is 0 Å². The number of rotatable bonds is 4. The van der Waals surface area contributed by atoms with Crippen molar-refractivity contribution in [1.82, 2.24) is 4.90 Å². The summed E-state index contributed by atoms with van der Waals surface area (Å²) in [6.45, 7) is 5.51. The molecule has 2 fully saturated rings. The molecule has 1 aliphatic carbocycles. The van der Waals surface area contributed by atoms with Crippen LogP contribution >= 0.6 is 0 Å². The van der Waals surface area contributed by atoms with Crippen molar-refractivity contribution in [3.63, 3.8) is 0 Å². The van der Waals surface area contributed by atoms with Crippen LogP contribution < -0.4 is 0 Å². The first-order chi connectivity index (χ1) is 8.22. The minimum atomic E-state index is 0.270. The van der Waals surface area contributed by atoms with Crippen molar-refractivity contribution in [3.05, 3.63) is 0 Å². The molecule has 2 rings (SSSR count). The van der Waals surface area contributed by atoms with Gasteiger partial charge in [0.25, 0.3) is 0 Å². The van der Waals surface area contributed by atoms with Gasteiger partial charge < -0.3 is 10.0 Å². The van der Waals surface area contributed by atoms with Crippen LogP contribution in [0.15, 0.2) is 0 Å². The number of aliphatic hydroxyl groups is 1. The number of aliphatic hydroxyl groups excluding tert-OH is 1. The van der Waals surface area contributed by atoms with Crippen molar-refractivity contribution < 1.29 is 9.90 Å². The summed E-state index contributed by atoms with van der Waals surface area (Å²) in [5.41, 5.74) is 0. The highest BCUT2D eigenvalue weighted by Crippen LogP contribution is 2.30. The molecule has 0 radical (unpaired) electrons. The fourth-order valence-electron chi connectivity index (χ4n) is 3.29.